The molecular formula is C18H17FN2O2. The van der Waals surface area contributed by atoms with Crippen molar-refractivity contribution in [2.45, 2.75) is 19.4 Å². The summed E-state index contributed by atoms with van der Waals surface area (Å²) in [6.45, 7) is 0.390. The van der Waals surface area contributed by atoms with Crippen molar-refractivity contribution < 1.29 is 14.0 Å². The predicted molar refractivity (Wildman–Crippen MR) is 85.7 cm³/mol. The average molecular weight is 312 g/mol. The SMILES string of the molecule is CN1C(=O)CCc2cc(CNC(=O)c3ccc(F)cc3)ccc21. The summed E-state index contributed by atoms with van der Waals surface area (Å²) in [5.74, 6) is -0.486. The molecule has 3 rings (SSSR count). The molecule has 4 nitrogen and oxygen atoms in total. The zero-order chi connectivity index (χ0) is 16.4. The number of anilines is 1. The van der Waals surface area contributed by atoms with Gasteiger partial charge in [-0.1, -0.05) is 12.1 Å². The number of nitrogens with zero attached hydrogens (tertiary/aromatic N) is 1. The summed E-state index contributed by atoms with van der Waals surface area (Å²) in [7, 11) is 1.77. The van der Waals surface area contributed by atoms with E-state index < -0.39 is 0 Å². The number of halogens is 1. The van der Waals surface area contributed by atoms with Crippen LogP contribution in [0.5, 0.6) is 0 Å². The van der Waals surface area contributed by atoms with Gasteiger partial charge < -0.3 is 10.2 Å². The van der Waals surface area contributed by atoms with E-state index in [9.17, 15) is 14.0 Å². The summed E-state index contributed by atoms with van der Waals surface area (Å²) in [5.41, 5.74) is 3.44. The first-order valence-corrected chi connectivity index (χ1v) is 7.47. The third-order valence-corrected chi connectivity index (χ3v) is 4.05. The molecule has 0 fully saturated rings. The lowest BCUT2D eigenvalue weighted by molar-refractivity contribution is -0.118. The van der Waals surface area contributed by atoms with Crippen LogP contribution in [0.4, 0.5) is 10.1 Å². The van der Waals surface area contributed by atoms with Crippen molar-refractivity contribution in [3.05, 3.63) is 65.0 Å². The van der Waals surface area contributed by atoms with Gasteiger partial charge >= 0.3 is 0 Å². The van der Waals surface area contributed by atoms with Gasteiger partial charge in [0.2, 0.25) is 5.91 Å². The van der Waals surface area contributed by atoms with Crippen molar-refractivity contribution in [1.29, 1.82) is 0 Å². The lowest BCUT2D eigenvalue weighted by Gasteiger charge is -2.26. The number of fused-ring (bicyclic) bond motifs is 1. The second kappa shape index (κ2) is 6.20. The second-order valence-electron chi connectivity index (χ2n) is 5.61. The van der Waals surface area contributed by atoms with E-state index in [1.165, 1.54) is 24.3 Å². The number of hydrogen-bond acceptors (Lipinski definition) is 2. The van der Waals surface area contributed by atoms with Crippen LogP contribution < -0.4 is 10.2 Å². The molecule has 5 heteroatoms. The molecular weight excluding hydrogens is 295 g/mol. The van der Waals surface area contributed by atoms with Gasteiger partial charge in [-0.25, -0.2) is 4.39 Å². The third-order valence-electron chi connectivity index (χ3n) is 4.05. The summed E-state index contributed by atoms with van der Waals surface area (Å²) in [6, 6.07) is 11.3. The summed E-state index contributed by atoms with van der Waals surface area (Å²) in [5, 5.41) is 2.82. The first-order chi connectivity index (χ1) is 11.0. The fourth-order valence-electron chi connectivity index (χ4n) is 2.71. The first-order valence-electron chi connectivity index (χ1n) is 7.47. The molecule has 0 radical (unpaired) electrons. The van der Waals surface area contributed by atoms with Crippen LogP contribution in [0.2, 0.25) is 0 Å². The van der Waals surface area contributed by atoms with Crippen LogP contribution >= 0.6 is 0 Å². The lowest BCUT2D eigenvalue weighted by Crippen LogP contribution is -2.31. The van der Waals surface area contributed by atoms with Gasteiger partial charge in [0.05, 0.1) is 0 Å². The van der Waals surface area contributed by atoms with Gasteiger partial charge in [0, 0.05) is 31.3 Å². The van der Waals surface area contributed by atoms with Crippen LogP contribution in [0.15, 0.2) is 42.5 Å². The monoisotopic (exact) mass is 312 g/mol. The minimum absolute atomic E-state index is 0.120. The van der Waals surface area contributed by atoms with E-state index in [1.807, 2.05) is 18.2 Å². The topological polar surface area (TPSA) is 49.4 Å². The third kappa shape index (κ3) is 3.23. The highest BCUT2D eigenvalue weighted by atomic mass is 19.1. The van der Waals surface area contributed by atoms with E-state index in [2.05, 4.69) is 5.32 Å². The van der Waals surface area contributed by atoms with Gasteiger partial charge in [0.25, 0.3) is 5.91 Å². The highest BCUT2D eigenvalue weighted by Gasteiger charge is 2.20. The molecule has 0 spiro atoms. The van der Waals surface area contributed by atoms with Gasteiger partial charge in [-0.15, -0.1) is 0 Å². The van der Waals surface area contributed by atoms with Gasteiger partial charge in [0.1, 0.15) is 5.82 Å². The van der Waals surface area contributed by atoms with E-state index in [0.29, 0.717) is 18.5 Å². The van der Waals surface area contributed by atoms with E-state index in [-0.39, 0.29) is 17.6 Å². The standard InChI is InChI=1S/C18H17FN2O2/c1-21-16-8-2-12(10-14(16)5-9-17(21)22)11-20-18(23)13-3-6-15(19)7-4-13/h2-4,6-8,10H,5,9,11H2,1H3,(H,20,23). The number of carbonyl (C=O) groups excluding carboxylic acids is 2. The smallest absolute Gasteiger partial charge is 0.251 e. The number of aryl methyl sites for hydroxylation is 1. The fourth-order valence-corrected chi connectivity index (χ4v) is 2.71. The number of rotatable bonds is 3. The molecule has 118 valence electrons. The van der Waals surface area contributed by atoms with Crippen LogP contribution in [-0.2, 0) is 17.8 Å². The van der Waals surface area contributed by atoms with E-state index in [0.717, 1.165) is 23.2 Å². The number of hydrogen-bond donors (Lipinski definition) is 1. The molecule has 2 aromatic rings. The molecule has 0 bridgehead atoms. The lowest BCUT2D eigenvalue weighted by atomic mass is 9.99. The maximum atomic E-state index is 12.9. The Morgan fingerprint density at radius 3 is 2.65 bits per heavy atom. The van der Waals surface area contributed by atoms with Crippen molar-refractivity contribution in [2.24, 2.45) is 0 Å². The Labute approximate surface area is 133 Å². The maximum Gasteiger partial charge on any atom is 0.251 e. The zero-order valence-corrected chi connectivity index (χ0v) is 12.8. The minimum Gasteiger partial charge on any atom is -0.348 e. The Morgan fingerprint density at radius 1 is 1.17 bits per heavy atom. The molecule has 1 heterocycles. The average Bonchev–Trinajstić information content (AvgIpc) is 2.56. The normalized spacial score (nSPS) is 13.7. The predicted octanol–water partition coefficient (Wildman–Crippen LogP) is 2.66. The number of nitrogens with one attached hydrogen (secondary N) is 1. The summed E-state index contributed by atoms with van der Waals surface area (Å²) >= 11 is 0. The molecule has 0 unspecified atom stereocenters. The Morgan fingerprint density at radius 2 is 1.91 bits per heavy atom. The first kappa shape index (κ1) is 15.2. The second-order valence-corrected chi connectivity index (χ2v) is 5.61. The van der Waals surface area contributed by atoms with Crippen LogP contribution in [-0.4, -0.2) is 18.9 Å². The molecule has 0 aliphatic carbocycles. The van der Waals surface area contributed by atoms with Gasteiger partial charge in [-0.3, -0.25) is 9.59 Å². The molecule has 0 atom stereocenters. The van der Waals surface area contributed by atoms with Gasteiger partial charge in [-0.05, 0) is 47.9 Å². The summed E-state index contributed by atoms with van der Waals surface area (Å²) in [6.07, 6.45) is 1.23. The molecule has 0 saturated heterocycles. The largest absolute Gasteiger partial charge is 0.348 e. The molecule has 1 N–H and O–H groups in total. The molecule has 23 heavy (non-hydrogen) atoms. The van der Waals surface area contributed by atoms with Crippen molar-refractivity contribution >= 4 is 17.5 Å². The van der Waals surface area contributed by atoms with Crippen molar-refractivity contribution in [2.75, 3.05) is 11.9 Å². The van der Waals surface area contributed by atoms with Crippen molar-refractivity contribution in [1.82, 2.24) is 5.32 Å². The Balaban J connectivity index is 1.68. The molecule has 2 amide bonds. The Bertz CT molecular complexity index is 756. The van der Waals surface area contributed by atoms with Crippen molar-refractivity contribution in [3.8, 4) is 0 Å². The number of benzene rings is 2. The number of carbonyl (C=O) groups is 2. The van der Waals surface area contributed by atoms with Crippen molar-refractivity contribution in [3.63, 3.8) is 0 Å². The van der Waals surface area contributed by atoms with Gasteiger partial charge in [0.15, 0.2) is 0 Å². The van der Waals surface area contributed by atoms with Gasteiger partial charge in [-0.2, -0.15) is 0 Å². The van der Waals surface area contributed by atoms with E-state index >= 15 is 0 Å². The fraction of sp³-hybridized carbons (Fsp3) is 0.222. The quantitative estimate of drug-likeness (QED) is 0.947. The molecule has 0 saturated carbocycles. The Hall–Kier alpha value is -2.69. The van der Waals surface area contributed by atoms with E-state index in [4.69, 9.17) is 0 Å². The number of amides is 2. The minimum atomic E-state index is -0.366. The maximum absolute atomic E-state index is 12.9. The molecule has 2 aromatic carbocycles. The van der Waals surface area contributed by atoms with Crippen LogP contribution in [0.3, 0.4) is 0 Å². The van der Waals surface area contributed by atoms with Crippen LogP contribution in [0.1, 0.15) is 27.9 Å². The summed E-state index contributed by atoms with van der Waals surface area (Å²) in [4.78, 5) is 25.4. The molecule has 1 aliphatic rings. The zero-order valence-electron chi connectivity index (χ0n) is 12.8. The van der Waals surface area contributed by atoms with Crippen LogP contribution in [0, 0.1) is 5.82 Å². The highest BCUT2D eigenvalue weighted by Crippen LogP contribution is 2.27. The van der Waals surface area contributed by atoms with E-state index in [1.54, 1.807) is 11.9 Å². The highest BCUT2D eigenvalue weighted by molar-refractivity contribution is 5.96. The molecule has 1 aliphatic heterocycles. The van der Waals surface area contributed by atoms with Crippen LogP contribution in [0.25, 0.3) is 0 Å². The molecule has 0 aromatic heterocycles. The summed E-state index contributed by atoms with van der Waals surface area (Å²) < 4.78 is 12.9. The Kier molecular flexibility index (Phi) is 4.10.